The van der Waals surface area contributed by atoms with Gasteiger partial charge in [0, 0.05) is 10.0 Å². The Balaban J connectivity index is 2.41. The maximum atomic E-state index is 12.7. The van der Waals surface area contributed by atoms with Crippen LogP contribution in [0.15, 0.2) is 57.9 Å². The standard InChI is InChI=1S/C14H11BrF3NO3S/c15-9-4-3-5-10(8-9)23(21,22)19-12-7-2-1-6-11(12)13(20)14(16,17)18/h1-8,13,19-20H. The Hall–Kier alpha value is -1.58. The highest BCUT2D eigenvalue weighted by Gasteiger charge is 2.40. The molecule has 124 valence electrons. The minimum Gasteiger partial charge on any atom is -0.379 e. The molecular formula is C14H11BrF3NO3S. The molecule has 0 radical (unpaired) electrons. The van der Waals surface area contributed by atoms with Crippen molar-refractivity contribution in [1.29, 1.82) is 0 Å². The average molecular weight is 410 g/mol. The maximum Gasteiger partial charge on any atom is 0.418 e. The number of sulfonamides is 1. The predicted molar refractivity (Wildman–Crippen MR) is 82.4 cm³/mol. The van der Waals surface area contributed by atoms with E-state index < -0.39 is 27.9 Å². The Morgan fingerprint density at radius 3 is 2.35 bits per heavy atom. The number of hydrogen-bond donors (Lipinski definition) is 2. The minimum atomic E-state index is -4.91. The van der Waals surface area contributed by atoms with Crippen molar-refractivity contribution in [2.45, 2.75) is 17.2 Å². The second-order valence-electron chi connectivity index (χ2n) is 4.59. The highest BCUT2D eigenvalue weighted by molar-refractivity contribution is 9.10. The molecule has 0 heterocycles. The van der Waals surface area contributed by atoms with Gasteiger partial charge in [-0.15, -0.1) is 0 Å². The first-order chi connectivity index (χ1) is 10.6. The molecule has 9 heteroatoms. The normalized spacial score (nSPS) is 13.6. The van der Waals surface area contributed by atoms with Crippen LogP contribution in [0, 0.1) is 0 Å². The fourth-order valence-electron chi connectivity index (χ4n) is 1.84. The maximum absolute atomic E-state index is 12.7. The highest BCUT2D eigenvalue weighted by Crippen LogP contribution is 2.36. The summed E-state index contributed by atoms with van der Waals surface area (Å²) in [6.07, 6.45) is -7.69. The molecule has 0 spiro atoms. The molecule has 0 bridgehead atoms. The lowest BCUT2D eigenvalue weighted by atomic mass is 10.1. The van der Waals surface area contributed by atoms with E-state index in [4.69, 9.17) is 0 Å². The summed E-state index contributed by atoms with van der Waals surface area (Å²) in [5, 5.41) is 9.38. The van der Waals surface area contributed by atoms with Gasteiger partial charge in [-0.05, 0) is 24.3 Å². The topological polar surface area (TPSA) is 66.4 Å². The Labute approximate surface area is 139 Å². The Kier molecular flexibility index (Phi) is 5.02. The molecule has 1 unspecified atom stereocenters. The van der Waals surface area contributed by atoms with Gasteiger partial charge in [0.15, 0.2) is 6.10 Å². The molecule has 2 aromatic carbocycles. The summed E-state index contributed by atoms with van der Waals surface area (Å²) < 4.78 is 65.2. The molecule has 0 aromatic heterocycles. The van der Waals surface area contributed by atoms with E-state index in [1.165, 1.54) is 30.3 Å². The molecular weight excluding hydrogens is 399 g/mol. The quantitative estimate of drug-likeness (QED) is 0.805. The number of aliphatic hydroxyl groups is 1. The molecule has 1 atom stereocenters. The van der Waals surface area contributed by atoms with Gasteiger partial charge >= 0.3 is 6.18 Å². The fraction of sp³-hybridized carbons (Fsp3) is 0.143. The van der Waals surface area contributed by atoms with Crippen molar-refractivity contribution in [3.05, 3.63) is 58.6 Å². The third-order valence-corrected chi connectivity index (χ3v) is 4.77. The highest BCUT2D eigenvalue weighted by atomic mass is 79.9. The van der Waals surface area contributed by atoms with Gasteiger partial charge in [0.25, 0.3) is 10.0 Å². The number of halogens is 4. The number of nitrogens with one attached hydrogen (secondary N) is 1. The smallest absolute Gasteiger partial charge is 0.379 e. The van der Waals surface area contributed by atoms with Crippen LogP contribution in [0.25, 0.3) is 0 Å². The monoisotopic (exact) mass is 409 g/mol. The van der Waals surface area contributed by atoms with Gasteiger partial charge in [-0.1, -0.05) is 40.2 Å². The molecule has 0 fully saturated rings. The molecule has 0 aliphatic carbocycles. The summed E-state index contributed by atoms with van der Waals surface area (Å²) in [5.41, 5.74) is -0.907. The number of alkyl halides is 3. The Morgan fingerprint density at radius 1 is 1.09 bits per heavy atom. The lowest BCUT2D eigenvalue weighted by Gasteiger charge is -2.19. The van der Waals surface area contributed by atoms with Gasteiger partial charge in [-0.3, -0.25) is 4.72 Å². The molecule has 2 aromatic rings. The van der Waals surface area contributed by atoms with Crippen molar-refractivity contribution in [2.75, 3.05) is 4.72 Å². The van der Waals surface area contributed by atoms with E-state index in [1.807, 2.05) is 0 Å². The summed E-state index contributed by atoms with van der Waals surface area (Å²) in [7, 11) is -4.10. The summed E-state index contributed by atoms with van der Waals surface area (Å²) in [5.74, 6) is 0. The predicted octanol–water partition coefficient (Wildman–Crippen LogP) is 3.85. The van der Waals surface area contributed by atoms with E-state index in [1.54, 1.807) is 6.07 Å². The van der Waals surface area contributed by atoms with Crippen molar-refractivity contribution < 1.29 is 26.7 Å². The number of benzene rings is 2. The molecule has 0 aliphatic rings. The van der Waals surface area contributed by atoms with E-state index in [-0.39, 0.29) is 10.6 Å². The van der Waals surface area contributed by atoms with Crippen molar-refractivity contribution >= 4 is 31.6 Å². The lowest BCUT2D eigenvalue weighted by Crippen LogP contribution is -2.22. The van der Waals surface area contributed by atoms with Crippen LogP contribution in [0.1, 0.15) is 11.7 Å². The molecule has 0 saturated carbocycles. The molecule has 2 rings (SSSR count). The van der Waals surface area contributed by atoms with E-state index in [0.717, 1.165) is 12.1 Å². The summed E-state index contributed by atoms with van der Waals surface area (Å²) >= 11 is 3.12. The number of hydrogen-bond acceptors (Lipinski definition) is 3. The second kappa shape index (κ2) is 6.50. The first kappa shape index (κ1) is 17.8. The lowest BCUT2D eigenvalue weighted by molar-refractivity contribution is -0.206. The second-order valence-corrected chi connectivity index (χ2v) is 7.19. The first-order valence-electron chi connectivity index (χ1n) is 6.23. The van der Waals surface area contributed by atoms with Crippen LogP contribution >= 0.6 is 15.9 Å². The van der Waals surface area contributed by atoms with E-state index in [0.29, 0.717) is 4.47 Å². The molecule has 0 saturated heterocycles. The number of rotatable bonds is 4. The van der Waals surface area contributed by atoms with E-state index >= 15 is 0 Å². The number of anilines is 1. The first-order valence-corrected chi connectivity index (χ1v) is 8.51. The van der Waals surface area contributed by atoms with Crippen LogP contribution < -0.4 is 4.72 Å². The number of aliphatic hydroxyl groups excluding tert-OH is 1. The van der Waals surface area contributed by atoms with Crippen LogP contribution in [-0.2, 0) is 10.0 Å². The van der Waals surface area contributed by atoms with Crippen molar-refractivity contribution in [3.63, 3.8) is 0 Å². The van der Waals surface area contributed by atoms with Gasteiger partial charge in [0.1, 0.15) is 0 Å². The van der Waals surface area contributed by atoms with E-state index in [2.05, 4.69) is 20.7 Å². The summed E-state index contributed by atoms with van der Waals surface area (Å²) in [6.45, 7) is 0. The van der Waals surface area contributed by atoms with Crippen molar-refractivity contribution in [2.24, 2.45) is 0 Å². The van der Waals surface area contributed by atoms with Crippen LogP contribution in [0.2, 0.25) is 0 Å². The molecule has 0 amide bonds. The van der Waals surface area contributed by atoms with Gasteiger partial charge in [0.05, 0.1) is 10.6 Å². The average Bonchev–Trinajstić information content (AvgIpc) is 2.46. The number of para-hydroxylation sites is 1. The molecule has 4 nitrogen and oxygen atoms in total. The van der Waals surface area contributed by atoms with Gasteiger partial charge < -0.3 is 5.11 Å². The van der Waals surface area contributed by atoms with Crippen molar-refractivity contribution in [3.8, 4) is 0 Å². The third kappa shape index (κ3) is 4.24. The zero-order valence-corrected chi connectivity index (χ0v) is 13.8. The SMILES string of the molecule is O=S(=O)(Nc1ccccc1C(O)C(F)(F)F)c1cccc(Br)c1. The summed E-state index contributed by atoms with van der Waals surface area (Å²) in [4.78, 5) is -0.122. The van der Waals surface area contributed by atoms with Crippen LogP contribution in [0.5, 0.6) is 0 Å². The summed E-state index contributed by atoms with van der Waals surface area (Å²) in [6, 6.07) is 10.5. The zero-order valence-electron chi connectivity index (χ0n) is 11.4. The van der Waals surface area contributed by atoms with Gasteiger partial charge in [-0.25, -0.2) is 8.42 Å². The molecule has 23 heavy (non-hydrogen) atoms. The largest absolute Gasteiger partial charge is 0.418 e. The molecule has 2 N–H and O–H groups in total. The zero-order chi connectivity index (χ0) is 17.3. The third-order valence-electron chi connectivity index (χ3n) is 2.92. The molecule has 0 aliphatic heterocycles. The fourth-order valence-corrected chi connectivity index (χ4v) is 3.53. The Bertz CT molecular complexity index is 809. The van der Waals surface area contributed by atoms with Crippen LogP contribution in [0.3, 0.4) is 0 Å². The van der Waals surface area contributed by atoms with Gasteiger partial charge in [0.2, 0.25) is 0 Å². The van der Waals surface area contributed by atoms with E-state index in [9.17, 15) is 26.7 Å². The Morgan fingerprint density at radius 2 is 1.74 bits per heavy atom. The van der Waals surface area contributed by atoms with Gasteiger partial charge in [-0.2, -0.15) is 13.2 Å². The van der Waals surface area contributed by atoms with Crippen molar-refractivity contribution in [1.82, 2.24) is 0 Å². The van der Waals surface area contributed by atoms with Crippen LogP contribution in [0.4, 0.5) is 18.9 Å². The minimum absolute atomic E-state index is 0.122. The van der Waals surface area contributed by atoms with Crippen LogP contribution in [-0.4, -0.2) is 19.7 Å².